The molecular formula is C25H34N4O3S. The lowest BCUT2D eigenvalue weighted by Crippen LogP contribution is -2.46. The maximum absolute atomic E-state index is 13.2. The molecule has 2 aromatic carbocycles. The van der Waals surface area contributed by atoms with E-state index < -0.39 is 10.0 Å². The van der Waals surface area contributed by atoms with E-state index >= 15 is 0 Å². The third-order valence-electron chi connectivity index (χ3n) is 6.70. The Kier molecular flexibility index (Phi) is 7.36. The summed E-state index contributed by atoms with van der Waals surface area (Å²) >= 11 is 0. The highest BCUT2D eigenvalue weighted by molar-refractivity contribution is 7.89. The second-order valence-corrected chi connectivity index (χ2v) is 10.7. The third-order valence-corrected chi connectivity index (χ3v) is 8.74. The normalized spacial score (nSPS) is 18.3. The number of likely N-dealkylation sites (N-methyl/N-ethyl adjacent to an activating group) is 1. The van der Waals surface area contributed by atoms with E-state index in [9.17, 15) is 13.2 Å². The van der Waals surface area contributed by atoms with Crippen molar-refractivity contribution in [1.29, 1.82) is 0 Å². The van der Waals surface area contributed by atoms with E-state index in [-0.39, 0.29) is 10.8 Å². The molecule has 0 aromatic heterocycles. The van der Waals surface area contributed by atoms with Gasteiger partial charge in [0.1, 0.15) is 0 Å². The average Bonchev–Trinajstić information content (AvgIpc) is 2.85. The molecule has 0 bridgehead atoms. The zero-order valence-corrected chi connectivity index (χ0v) is 20.4. The number of carbonyl (C=O) groups is 1. The lowest BCUT2D eigenvalue weighted by molar-refractivity contribution is 0.102. The van der Waals surface area contributed by atoms with Crippen LogP contribution < -0.4 is 10.2 Å². The summed E-state index contributed by atoms with van der Waals surface area (Å²) < 4.78 is 28.0. The quantitative estimate of drug-likeness (QED) is 0.699. The summed E-state index contributed by atoms with van der Waals surface area (Å²) in [4.78, 5) is 18.1. The maximum Gasteiger partial charge on any atom is 0.255 e. The number of nitrogens with zero attached hydrogens (tertiary/aromatic N) is 3. The van der Waals surface area contributed by atoms with Gasteiger partial charge < -0.3 is 15.1 Å². The summed E-state index contributed by atoms with van der Waals surface area (Å²) in [6.45, 7) is 9.88. The van der Waals surface area contributed by atoms with Crippen molar-refractivity contribution in [1.82, 2.24) is 9.21 Å². The molecule has 2 aliphatic heterocycles. The van der Waals surface area contributed by atoms with E-state index in [4.69, 9.17) is 0 Å². The van der Waals surface area contributed by atoms with Crippen LogP contribution in [-0.4, -0.2) is 69.3 Å². The van der Waals surface area contributed by atoms with Crippen molar-refractivity contribution < 1.29 is 13.2 Å². The molecule has 2 aromatic rings. The first-order valence-electron chi connectivity index (χ1n) is 11.9. The second-order valence-electron chi connectivity index (χ2n) is 8.84. The second kappa shape index (κ2) is 10.2. The Morgan fingerprint density at radius 1 is 0.939 bits per heavy atom. The number of rotatable bonds is 6. The van der Waals surface area contributed by atoms with Gasteiger partial charge in [-0.15, -0.1) is 0 Å². The van der Waals surface area contributed by atoms with Crippen LogP contribution in [0.4, 0.5) is 11.4 Å². The maximum atomic E-state index is 13.2. The molecule has 1 amide bonds. The molecule has 2 heterocycles. The molecule has 0 radical (unpaired) electrons. The molecule has 7 nitrogen and oxygen atoms in total. The Morgan fingerprint density at radius 3 is 2.33 bits per heavy atom. The summed E-state index contributed by atoms with van der Waals surface area (Å²) in [6.07, 6.45) is 2.81. The molecule has 0 saturated carbocycles. The summed E-state index contributed by atoms with van der Waals surface area (Å²) in [7, 11) is -3.61. The van der Waals surface area contributed by atoms with E-state index in [2.05, 4.69) is 22.0 Å². The number of nitrogens with one attached hydrogen (secondary N) is 1. The van der Waals surface area contributed by atoms with Crippen molar-refractivity contribution in [2.45, 2.75) is 38.0 Å². The predicted octanol–water partition coefficient (Wildman–Crippen LogP) is 3.56. The van der Waals surface area contributed by atoms with Crippen molar-refractivity contribution >= 4 is 27.3 Å². The SMILES string of the molecule is CCN1CCN(c2ccccc2NC(=O)c2ccc(C)c(S(=O)(=O)N3CCCCC3)c2)CC1. The van der Waals surface area contributed by atoms with Gasteiger partial charge in [0.2, 0.25) is 10.0 Å². The van der Waals surface area contributed by atoms with Gasteiger partial charge in [-0.05, 0) is 56.1 Å². The fourth-order valence-corrected chi connectivity index (χ4v) is 6.39. The summed E-state index contributed by atoms with van der Waals surface area (Å²) in [5.41, 5.74) is 2.75. The van der Waals surface area contributed by atoms with Crippen LogP contribution in [0, 0.1) is 6.92 Å². The summed E-state index contributed by atoms with van der Waals surface area (Å²) in [6, 6.07) is 12.8. The van der Waals surface area contributed by atoms with Crippen molar-refractivity contribution in [3.63, 3.8) is 0 Å². The van der Waals surface area contributed by atoms with Gasteiger partial charge in [0, 0.05) is 44.8 Å². The van der Waals surface area contributed by atoms with Crippen LogP contribution >= 0.6 is 0 Å². The van der Waals surface area contributed by atoms with Gasteiger partial charge >= 0.3 is 0 Å². The molecule has 0 unspecified atom stereocenters. The summed E-state index contributed by atoms with van der Waals surface area (Å²) in [5, 5.41) is 3.02. The number of aryl methyl sites for hydroxylation is 1. The number of sulfonamides is 1. The van der Waals surface area contributed by atoms with Gasteiger partial charge in [-0.3, -0.25) is 4.79 Å². The van der Waals surface area contributed by atoms with Crippen molar-refractivity contribution in [2.24, 2.45) is 0 Å². The predicted molar refractivity (Wildman–Crippen MR) is 133 cm³/mol. The number of anilines is 2. The highest BCUT2D eigenvalue weighted by Crippen LogP contribution is 2.28. The van der Waals surface area contributed by atoms with Crippen LogP contribution in [0.3, 0.4) is 0 Å². The van der Waals surface area contributed by atoms with Gasteiger partial charge in [0.15, 0.2) is 0 Å². The zero-order chi connectivity index (χ0) is 23.4. The largest absolute Gasteiger partial charge is 0.367 e. The monoisotopic (exact) mass is 470 g/mol. The van der Waals surface area contributed by atoms with Crippen LogP contribution in [-0.2, 0) is 10.0 Å². The number of carbonyl (C=O) groups excluding carboxylic acids is 1. The minimum atomic E-state index is -3.61. The van der Waals surface area contributed by atoms with Gasteiger partial charge in [-0.2, -0.15) is 4.31 Å². The Bertz CT molecular complexity index is 1090. The molecule has 0 spiro atoms. The fourth-order valence-electron chi connectivity index (χ4n) is 4.62. The Labute approximate surface area is 197 Å². The Balaban J connectivity index is 1.55. The molecular weight excluding hydrogens is 436 g/mol. The van der Waals surface area contributed by atoms with Crippen molar-refractivity contribution in [3.05, 3.63) is 53.6 Å². The van der Waals surface area contributed by atoms with Crippen LogP contribution in [0.15, 0.2) is 47.4 Å². The number of amides is 1. The minimum absolute atomic E-state index is 0.223. The van der Waals surface area contributed by atoms with E-state index in [1.165, 1.54) is 6.07 Å². The molecule has 2 fully saturated rings. The molecule has 8 heteroatoms. The lowest BCUT2D eigenvalue weighted by Gasteiger charge is -2.36. The van der Waals surface area contributed by atoms with E-state index in [1.54, 1.807) is 23.4 Å². The average molecular weight is 471 g/mol. The van der Waals surface area contributed by atoms with E-state index in [1.807, 2.05) is 24.3 Å². The van der Waals surface area contributed by atoms with Gasteiger partial charge in [-0.1, -0.05) is 31.5 Å². The number of piperazine rings is 1. The smallest absolute Gasteiger partial charge is 0.255 e. The molecule has 0 atom stereocenters. The van der Waals surface area contributed by atoms with Crippen molar-refractivity contribution in [2.75, 3.05) is 56.0 Å². The number of hydrogen-bond acceptors (Lipinski definition) is 5. The van der Waals surface area contributed by atoms with Crippen LogP contribution in [0.25, 0.3) is 0 Å². The number of benzene rings is 2. The molecule has 1 N–H and O–H groups in total. The Hall–Kier alpha value is -2.42. The summed E-state index contributed by atoms with van der Waals surface area (Å²) in [5.74, 6) is -0.301. The Morgan fingerprint density at radius 2 is 1.64 bits per heavy atom. The number of hydrogen-bond donors (Lipinski definition) is 1. The molecule has 0 aliphatic carbocycles. The highest BCUT2D eigenvalue weighted by atomic mass is 32.2. The van der Waals surface area contributed by atoms with E-state index in [0.29, 0.717) is 24.2 Å². The first kappa shape index (κ1) is 23.7. The van der Waals surface area contributed by atoms with Gasteiger partial charge in [-0.25, -0.2) is 8.42 Å². The first-order chi connectivity index (χ1) is 15.9. The van der Waals surface area contributed by atoms with Gasteiger partial charge in [0.05, 0.1) is 16.3 Å². The molecule has 2 aliphatic rings. The minimum Gasteiger partial charge on any atom is -0.367 e. The first-order valence-corrected chi connectivity index (χ1v) is 13.3. The van der Waals surface area contributed by atoms with Crippen molar-refractivity contribution in [3.8, 4) is 0 Å². The number of para-hydroxylation sites is 2. The molecule has 4 rings (SSSR count). The third kappa shape index (κ3) is 5.23. The van der Waals surface area contributed by atoms with Crippen LogP contribution in [0.2, 0.25) is 0 Å². The number of piperidine rings is 1. The van der Waals surface area contributed by atoms with Crippen LogP contribution in [0.5, 0.6) is 0 Å². The fraction of sp³-hybridized carbons (Fsp3) is 0.480. The molecule has 2 saturated heterocycles. The van der Waals surface area contributed by atoms with Crippen LogP contribution in [0.1, 0.15) is 42.1 Å². The topological polar surface area (TPSA) is 73.0 Å². The standard InChI is InChI=1S/C25H34N4O3S/c1-3-27-15-17-28(18-16-27)23-10-6-5-9-22(23)26-25(30)21-12-11-20(2)24(19-21)33(31,32)29-13-7-4-8-14-29/h5-6,9-12,19H,3-4,7-8,13-18H2,1-2H3,(H,26,30). The van der Waals surface area contributed by atoms with E-state index in [0.717, 1.165) is 63.4 Å². The molecule has 33 heavy (non-hydrogen) atoms. The molecule has 178 valence electrons. The highest BCUT2D eigenvalue weighted by Gasteiger charge is 2.28. The van der Waals surface area contributed by atoms with Gasteiger partial charge in [0.25, 0.3) is 5.91 Å². The zero-order valence-electron chi connectivity index (χ0n) is 19.6. The lowest BCUT2D eigenvalue weighted by atomic mass is 10.1.